The Labute approximate surface area is 130 Å². The lowest BCUT2D eigenvalue weighted by atomic mass is 10.1. The zero-order valence-electron chi connectivity index (χ0n) is 11.3. The molecule has 2 aromatic rings. The van der Waals surface area contributed by atoms with Gasteiger partial charge in [0.15, 0.2) is 0 Å². The second-order valence-electron chi connectivity index (χ2n) is 5.09. The van der Waals surface area contributed by atoms with Gasteiger partial charge in [0.1, 0.15) is 10.7 Å². The van der Waals surface area contributed by atoms with E-state index < -0.39 is 11.9 Å². The van der Waals surface area contributed by atoms with Crippen molar-refractivity contribution in [2.24, 2.45) is 0 Å². The average Bonchev–Trinajstić information content (AvgIpc) is 3.15. The lowest BCUT2D eigenvalue weighted by Gasteiger charge is -2.16. The lowest BCUT2D eigenvalue weighted by molar-refractivity contribution is 0.0942. The van der Waals surface area contributed by atoms with Crippen LogP contribution in [0.4, 0.5) is 4.39 Å². The molecule has 0 radical (unpaired) electrons. The van der Waals surface area contributed by atoms with Crippen molar-refractivity contribution >= 4 is 29.0 Å². The summed E-state index contributed by atoms with van der Waals surface area (Å²) in [5, 5.41) is 7.09. The van der Waals surface area contributed by atoms with Crippen LogP contribution in [0.15, 0.2) is 18.2 Å². The van der Waals surface area contributed by atoms with E-state index in [0.717, 1.165) is 30.1 Å². The van der Waals surface area contributed by atoms with Gasteiger partial charge >= 0.3 is 0 Å². The van der Waals surface area contributed by atoms with Gasteiger partial charge < -0.3 is 5.32 Å². The first-order valence-corrected chi connectivity index (χ1v) is 7.80. The zero-order valence-corrected chi connectivity index (χ0v) is 12.8. The van der Waals surface area contributed by atoms with Crippen molar-refractivity contribution in [2.45, 2.75) is 31.7 Å². The molecule has 0 bridgehead atoms. The number of nitrogens with one attached hydrogen (secondary N) is 1. The molecule has 1 fully saturated rings. The SMILES string of the molecule is C[C@@H](NC(=O)c1snnc1C1CC1)c1c(F)cccc1Cl. The molecule has 7 heteroatoms. The number of carbonyl (C=O) groups is 1. The van der Waals surface area contributed by atoms with Gasteiger partial charge in [0.25, 0.3) is 5.91 Å². The topological polar surface area (TPSA) is 54.9 Å². The minimum Gasteiger partial charge on any atom is -0.345 e. The molecule has 0 aliphatic heterocycles. The number of benzene rings is 1. The van der Waals surface area contributed by atoms with Gasteiger partial charge in [-0.15, -0.1) is 5.10 Å². The Kier molecular flexibility index (Phi) is 3.91. The minimum atomic E-state index is -0.527. The van der Waals surface area contributed by atoms with Crippen molar-refractivity contribution in [3.8, 4) is 0 Å². The van der Waals surface area contributed by atoms with Crippen LogP contribution in [-0.4, -0.2) is 15.5 Å². The first-order valence-electron chi connectivity index (χ1n) is 6.65. The average molecular weight is 326 g/mol. The molecule has 21 heavy (non-hydrogen) atoms. The Balaban J connectivity index is 1.79. The summed E-state index contributed by atoms with van der Waals surface area (Å²) in [6.45, 7) is 1.70. The number of hydrogen-bond acceptors (Lipinski definition) is 4. The Hall–Kier alpha value is -1.53. The number of hydrogen-bond donors (Lipinski definition) is 1. The number of aromatic nitrogens is 2. The summed E-state index contributed by atoms with van der Waals surface area (Å²) in [7, 11) is 0. The van der Waals surface area contributed by atoms with Crippen LogP contribution in [0.25, 0.3) is 0 Å². The van der Waals surface area contributed by atoms with E-state index >= 15 is 0 Å². The van der Waals surface area contributed by atoms with Crippen molar-refractivity contribution in [3.63, 3.8) is 0 Å². The summed E-state index contributed by atoms with van der Waals surface area (Å²) in [6, 6.07) is 3.94. The number of rotatable bonds is 4. The number of nitrogens with zero attached hydrogens (tertiary/aromatic N) is 2. The third-order valence-corrected chi connectivity index (χ3v) is 4.53. The second kappa shape index (κ2) is 5.69. The Morgan fingerprint density at radius 2 is 2.29 bits per heavy atom. The molecule has 1 atom stereocenters. The molecule has 1 aromatic heterocycles. The van der Waals surface area contributed by atoms with E-state index in [0.29, 0.717) is 15.8 Å². The minimum absolute atomic E-state index is 0.279. The van der Waals surface area contributed by atoms with Crippen LogP contribution >= 0.6 is 23.1 Å². The van der Waals surface area contributed by atoms with Gasteiger partial charge in [-0.1, -0.05) is 22.2 Å². The van der Waals surface area contributed by atoms with Crippen molar-refractivity contribution in [2.75, 3.05) is 0 Å². The molecule has 0 saturated heterocycles. The summed E-state index contributed by atoms with van der Waals surface area (Å²) < 4.78 is 17.7. The summed E-state index contributed by atoms with van der Waals surface area (Å²) in [5.74, 6) is -0.365. The molecule has 3 rings (SSSR count). The largest absolute Gasteiger partial charge is 0.345 e. The first-order chi connectivity index (χ1) is 10.1. The normalized spacial score (nSPS) is 15.8. The molecule has 110 valence electrons. The van der Waals surface area contributed by atoms with Crippen molar-refractivity contribution < 1.29 is 9.18 Å². The third-order valence-electron chi connectivity index (χ3n) is 3.46. The summed E-state index contributed by atoms with van der Waals surface area (Å²) >= 11 is 7.08. The van der Waals surface area contributed by atoms with Gasteiger partial charge in [0.2, 0.25) is 0 Å². The van der Waals surface area contributed by atoms with E-state index in [1.165, 1.54) is 12.1 Å². The maximum Gasteiger partial charge on any atom is 0.265 e. The van der Waals surface area contributed by atoms with Crippen molar-refractivity contribution in [1.29, 1.82) is 0 Å². The van der Waals surface area contributed by atoms with Crippen LogP contribution in [0.3, 0.4) is 0 Å². The summed E-state index contributed by atoms with van der Waals surface area (Å²) in [5.41, 5.74) is 1.04. The van der Waals surface area contributed by atoms with E-state index in [2.05, 4.69) is 14.9 Å². The van der Waals surface area contributed by atoms with E-state index in [-0.39, 0.29) is 11.5 Å². The van der Waals surface area contributed by atoms with Crippen LogP contribution in [0.5, 0.6) is 0 Å². The molecular formula is C14H13ClFN3OS. The van der Waals surface area contributed by atoms with E-state index in [1.54, 1.807) is 13.0 Å². The van der Waals surface area contributed by atoms with Gasteiger partial charge in [-0.25, -0.2) is 4.39 Å². The number of amides is 1. The molecule has 1 aromatic carbocycles. The van der Waals surface area contributed by atoms with Gasteiger partial charge in [-0.3, -0.25) is 4.79 Å². The Bertz CT molecular complexity index is 666. The summed E-state index contributed by atoms with van der Waals surface area (Å²) in [4.78, 5) is 12.8. The molecule has 1 N–H and O–H groups in total. The van der Waals surface area contributed by atoms with Crippen LogP contribution in [0.1, 0.15) is 52.7 Å². The Morgan fingerprint density at radius 3 is 2.95 bits per heavy atom. The van der Waals surface area contributed by atoms with Crippen LogP contribution in [0.2, 0.25) is 5.02 Å². The quantitative estimate of drug-likeness (QED) is 0.932. The van der Waals surface area contributed by atoms with Crippen LogP contribution in [0, 0.1) is 5.82 Å². The van der Waals surface area contributed by atoms with E-state index in [1.807, 2.05) is 0 Å². The third kappa shape index (κ3) is 2.91. The van der Waals surface area contributed by atoms with Gasteiger partial charge in [-0.05, 0) is 43.4 Å². The fraction of sp³-hybridized carbons (Fsp3) is 0.357. The zero-order chi connectivity index (χ0) is 15.0. The molecule has 1 aliphatic carbocycles. The maximum atomic E-state index is 13.9. The predicted molar refractivity (Wildman–Crippen MR) is 79.2 cm³/mol. The van der Waals surface area contributed by atoms with Crippen LogP contribution < -0.4 is 5.32 Å². The standard InChI is InChI=1S/C14H13ClFN3OS/c1-7(11-9(15)3-2-4-10(11)16)17-14(20)13-12(8-5-6-8)18-19-21-13/h2-4,7-8H,5-6H2,1H3,(H,17,20)/t7-/m1/s1. The fourth-order valence-corrected chi connectivity index (χ4v) is 3.22. The number of carbonyl (C=O) groups excluding carboxylic acids is 1. The molecule has 0 spiro atoms. The van der Waals surface area contributed by atoms with Crippen molar-refractivity contribution in [1.82, 2.24) is 14.9 Å². The molecular weight excluding hydrogens is 313 g/mol. The highest BCUT2D eigenvalue weighted by Gasteiger charge is 2.32. The fourth-order valence-electron chi connectivity index (χ4n) is 2.24. The van der Waals surface area contributed by atoms with Gasteiger partial charge in [0.05, 0.1) is 11.7 Å². The monoisotopic (exact) mass is 325 g/mol. The predicted octanol–water partition coefficient (Wildman–Crippen LogP) is 3.70. The summed E-state index contributed by atoms with van der Waals surface area (Å²) in [6.07, 6.45) is 2.08. The molecule has 1 heterocycles. The molecule has 1 amide bonds. The van der Waals surface area contributed by atoms with Crippen molar-refractivity contribution in [3.05, 3.63) is 45.2 Å². The highest BCUT2D eigenvalue weighted by molar-refractivity contribution is 7.08. The molecule has 4 nitrogen and oxygen atoms in total. The Morgan fingerprint density at radius 1 is 1.52 bits per heavy atom. The smallest absolute Gasteiger partial charge is 0.265 e. The van der Waals surface area contributed by atoms with Gasteiger partial charge in [-0.2, -0.15) is 0 Å². The molecule has 1 saturated carbocycles. The molecule has 1 aliphatic rings. The molecule has 0 unspecified atom stereocenters. The highest BCUT2D eigenvalue weighted by Crippen LogP contribution is 2.41. The first kappa shape index (κ1) is 14.4. The second-order valence-corrected chi connectivity index (χ2v) is 6.25. The highest BCUT2D eigenvalue weighted by atomic mass is 35.5. The maximum absolute atomic E-state index is 13.9. The lowest BCUT2D eigenvalue weighted by Crippen LogP contribution is -2.27. The van der Waals surface area contributed by atoms with Crippen LogP contribution in [-0.2, 0) is 0 Å². The number of halogens is 2. The van der Waals surface area contributed by atoms with Gasteiger partial charge in [0, 0.05) is 16.5 Å². The van der Waals surface area contributed by atoms with E-state index in [4.69, 9.17) is 11.6 Å². The van der Waals surface area contributed by atoms with E-state index in [9.17, 15) is 9.18 Å².